The van der Waals surface area contributed by atoms with E-state index in [0.717, 1.165) is 19.4 Å². The summed E-state index contributed by atoms with van der Waals surface area (Å²) < 4.78 is 10.9. The van der Waals surface area contributed by atoms with E-state index in [0.29, 0.717) is 31.2 Å². The number of hydrogen-bond donors (Lipinski definition) is 1. The van der Waals surface area contributed by atoms with Gasteiger partial charge in [-0.25, -0.2) is 0 Å². The minimum atomic E-state index is 0.295. The van der Waals surface area contributed by atoms with E-state index in [1.807, 2.05) is 21.0 Å². The SMILES string of the molecule is CCCOc1nc(NC)nc(OCCCN(C)C)n1. The Labute approximate surface area is 114 Å². The van der Waals surface area contributed by atoms with Gasteiger partial charge in [0.15, 0.2) is 0 Å². The van der Waals surface area contributed by atoms with Crippen LogP contribution in [0.25, 0.3) is 0 Å². The molecule has 1 heterocycles. The lowest BCUT2D eigenvalue weighted by molar-refractivity contribution is 0.248. The van der Waals surface area contributed by atoms with Crippen molar-refractivity contribution in [2.45, 2.75) is 19.8 Å². The number of ether oxygens (including phenoxy) is 2. The largest absolute Gasteiger partial charge is 0.463 e. The first kappa shape index (κ1) is 15.4. The molecule has 0 radical (unpaired) electrons. The standard InChI is InChI=1S/C12H23N5O2/c1-5-8-18-11-14-10(13-2)15-12(16-11)19-9-6-7-17(3)4/h5-9H2,1-4H3,(H,13,14,15,16). The Morgan fingerprint density at radius 2 is 1.68 bits per heavy atom. The van der Waals surface area contributed by atoms with Crippen LogP contribution in [0.3, 0.4) is 0 Å². The van der Waals surface area contributed by atoms with Crippen LogP contribution >= 0.6 is 0 Å². The van der Waals surface area contributed by atoms with Gasteiger partial charge in [0.05, 0.1) is 13.2 Å². The van der Waals surface area contributed by atoms with Crippen LogP contribution in [0.15, 0.2) is 0 Å². The molecular weight excluding hydrogens is 246 g/mol. The summed E-state index contributed by atoms with van der Waals surface area (Å²) in [5, 5.41) is 2.86. The fraction of sp³-hybridized carbons (Fsp3) is 0.750. The highest BCUT2D eigenvalue weighted by molar-refractivity contribution is 5.26. The molecule has 0 bridgehead atoms. The average molecular weight is 269 g/mol. The maximum Gasteiger partial charge on any atom is 0.324 e. The van der Waals surface area contributed by atoms with E-state index in [9.17, 15) is 0 Å². The molecule has 0 fully saturated rings. The second-order valence-corrected chi connectivity index (χ2v) is 4.33. The van der Waals surface area contributed by atoms with Crippen molar-refractivity contribution in [3.05, 3.63) is 0 Å². The molecule has 0 aliphatic carbocycles. The molecule has 108 valence electrons. The number of nitrogens with one attached hydrogen (secondary N) is 1. The van der Waals surface area contributed by atoms with Crippen LogP contribution in [0, 0.1) is 0 Å². The molecule has 0 unspecified atom stereocenters. The van der Waals surface area contributed by atoms with Crippen LogP contribution in [0.4, 0.5) is 5.95 Å². The van der Waals surface area contributed by atoms with Gasteiger partial charge < -0.3 is 19.7 Å². The van der Waals surface area contributed by atoms with Crippen molar-refractivity contribution in [3.63, 3.8) is 0 Å². The van der Waals surface area contributed by atoms with Crippen molar-refractivity contribution >= 4 is 5.95 Å². The maximum atomic E-state index is 5.51. The van der Waals surface area contributed by atoms with E-state index in [4.69, 9.17) is 9.47 Å². The van der Waals surface area contributed by atoms with Crippen molar-refractivity contribution in [3.8, 4) is 12.0 Å². The predicted molar refractivity (Wildman–Crippen MR) is 73.8 cm³/mol. The first-order chi connectivity index (χ1) is 9.15. The third-order valence-electron chi connectivity index (χ3n) is 2.23. The van der Waals surface area contributed by atoms with E-state index < -0.39 is 0 Å². The van der Waals surface area contributed by atoms with Crippen LogP contribution in [0.1, 0.15) is 19.8 Å². The number of hydrogen-bond acceptors (Lipinski definition) is 7. The normalized spacial score (nSPS) is 10.6. The van der Waals surface area contributed by atoms with Crippen molar-refractivity contribution in [1.82, 2.24) is 19.9 Å². The summed E-state index contributed by atoms with van der Waals surface area (Å²) in [4.78, 5) is 14.4. The smallest absolute Gasteiger partial charge is 0.324 e. The average Bonchev–Trinajstić information content (AvgIpc) is 2.41. The van der Waals surface area contributed by atoms with Gasteiger partial charge >= 0.3 is 12.0 Å². The molecule has 1 rings (SSSR count). The van der Waals surface area contributed by atoms with Gasteiger partial charge in [-0.2, -0.15) is 9.97 Å². The first-order valence-electron chi connectivity index (χ1n) is 6.50. The fourth-order valence-electron chi connectivity index (χ4n) is 1.32. The van der Waals surface area contributed by atoms with E-state index in [-0.39, 0.29) is 0 Å². The van der Waals surface area contributed by atoms with Crippen molar-refractivity contribution in [1.29, 1.82) is 0 Å². The van der Waals surface area contributed by atoms with Gasteiger partial charge in [-0.3, -0.25) is 0 Å². The Morgan fingerprint density at radius 3 is 2.21 bits per heavy atom. The van der Waals surface area contributed by atoms with E-state index >= 15 is 0 Å². The third kappa shape index (κ3) is 6.19. The molecule has 7 heteroatoms. The van der Waals surface area contributed by atoms with Crippen molar-refractivity contribution < 1.29 is 9.47 Å². The van der Waals surface area contributed by atoms with Gasteiger partial charge in [0.1, 0.15) is 0 Å². The topological polar surface area (TPSA) is 72.4 Å². The molecule has 0 spiro atoms. The van der Waals surface area contributed by atoms with Gasteiger partial charge in [0.25, 0.3) is 0 Å². The molecule has 1 N–H and O–H groups in total. The zero-order chi connectivity index (χ0) is 14.1. The molecular formula is C12H23N5O2. The van der Waals surface area contributed by atoms with Crippen LogP contribution < -0.4 is 14.8 Å². The zero-order valence-corrected chi connectivity index (χ0v) is 12.1. The summed E-state index contributed by atoms with van der Waals surface area (Å²) in [7, 11) is 5.80. The van der Waals surface area contributed by atoms with Gasteiger partial charge in [0.2, 0.25) is 5.95 Å². The van der Waals surface area contributed by atoms with E-state index in [1.165, 1.54) is 0 Å². The van der Waals surface area contributed by atoms with Gasteiger partial charge in [-0.1, -0.05) is 6.92 Å². The molecule has 1 aromatic rings. The molecule has 0 atom stereocenters. The Kier molecular flexibility index (Phi) is 6.88. The van der Waals surface area contributed by atoms with E-state index in [2.05, 4.69) is 25.2 Å². The molecule has 0 aliphatic rings. The molecule has 0 aliphatic heterocycles. The molecule has 0 saturated carbocycles. The van der Waals surface area contributed by atoms with Gasteiger partial charge in [-0.05, 0) is 26.9 Å². The molecule has 1 aromatic heterocycles. The highest BCUT2D eigenvalue weighted by Crippen LogP contribution is 2.12. The summed E-state index contributed by atoms with van der Waals surface area (Å²) in [6.07, 6.45) is 1.82. The van der Waals surface area contributed by atoms with E-state index in [1.54, 1.807) is 7.05 Å². The van der Waals surface area contributed by atoms with Crippen molar-refractivity contribution in [2.24, 2.45) is 0 Å². The second-order valence-electron chi connectivity index (χ2n) is 4.33. The van der Waals surface area contributed by atoms with Crippen LogP contribution in [-0.2, 0) is 0 Å². The highest BCUT2D eigenvalue weighted by atomic mass is 16.5. The summed E-state index contributed by atoms with van der Waals surface area (Å²) >= 11 is 0. The first-order valence-corrected chi connectivity index (χ1v) is 6.50. The Morgan fingerprint density at radius 1 is 1.05 bits per heavy atom. The number of aromatic nitrogens is 3. The Hall–Kier alpha value is -1.63. The number of rotatable bonds is 9. The highest BCUT2D eigenvalue weighted by Gasteiger charge is 2.07. The number of nitrogens with zero attached hydrogens (tertiary/aromatic N) is 4. The fourth-order valence-corrected chi connectivity index (χ4v) is 1.32. The third-order valence-corrected chi connectivity index (χ3v) is 2.23. The molecule has 0 aromatic carbocycles. The van der Waals surface area contributed by atoms with Crippen LogP contribution in [0.5, 0.6) is 12.0 Å². The lowest BCUT2D eigenvalue weighted by Gasteiger charge is -2.10. The minimum Gasteiger partial charge on any atom is -0.463 e. The molecule has 19 heavy (non-hydrogen) atoms. The summed E-state index contributed by atoms with van der Waals surface area (Å²) in [6.45, 7) is 4.13. The molecule has 7 nitrogen and oxygen atoms in total. The quantitative estimate of drug-likeness (QED) is 0.671. The van der Waals surface area contributed by atoms with Crippen molar-refractivity contribution in [2.75, 3.05) is 46.2 Å². The summed E-state index contributed by atoms with van der Waals surface area (Å²) in [5.74, 6) is 0.448. The minimum absolute atomic E-state index is 0.295. The molecule has 0 amide bonds. The number of anilines is 1. The second kappa shape index (κ2) is 8.47. The Balaban J connectivity index is 2.55. The lowest BCUT2D eigenvalue weighted by Crippen LogP contribution is -2.16. The lowest BCUT2D eigenvalue weighted by atomic mass is 10.4. The van der Waals surface area contributed by atoms with Crippen LogP contribution in [-0.4, -0.2) is 60.8 Å². The van der Waals surface area contributed by atoms with Crippen LogP contribution in [0.2, 0.25) is 0 Å². The summed E-state index contributed by atoms with van der Waals surface area (Å²) in [5.41, 5.74) is 0. The summed E-state index contributed by atoms with van der Waals surface area (Å²) in [6, 6.07) is 0.591. The van der Waals surface area contributed by atoms with Gasteiger partial charge in [0, 0.05) is 13.6 Å². The predicted octanol–water partition coefficient (Wildman–Crippen LogP) is 1.03. The van der Waals surface area contributed by atoms with Gasteiger partial charge in [-0.15, -0.1) is 4.98 Å². The monoisotopic (exact) mass is 269 g/mol. The maximum absolute atomic E-state index is 5.51. The Bertz CT molecular complexity index is 373. The zero-order valence-electron chi connectivity index (χ0n) is 12.1. The molecule has 0 saturated heterocycles.